The van der Waals surface area contributed by atoms with Crippen molar-refractivity contribution in [1.82, 2.24) is 58.2 Å². The lowest BCUT2D eigenvalue weighted by Gasteiger charge is -2.30. The lowest BCUT2D eigenvalue weighted by Crippen LogP contribution is -2.62. The Morgan fingerprint density at radius 1 is 0.489 bits per heavy atom. The predicted molar refractivity (Wildman–Crippen MR) is 325 cm³/mol. The third-order valence-electron chi connectivity index (χ3n) is 14.0. The van der Waals surface area contributed by atoms with Crippen LogP contribution in [0.25, 0.3) is 11.3 Å². The molecule has 1 aromatic heterocycles. The molecule has 31 heteroatoms. The van der Waals surface area contributed by atoms with Crippen LogP contribution in [-0.2, 0) is 54.4 Å². The number of pyridine rings is 1. The molecule has 2 aromatic carbocycles. The highest BCUT2D eigenvalue weighted by atomic mass is 35.5. The van der Waals surface area contributed by atoms with Crippen LogP contribution in [0.1, 0.15) is 82.6 Å². The minimum atomic E-state index is -1.70. The van der Waals surface area contributed by atoms with Gasteiger partial charge in [0.15, 0.2) is 0 Å². The number of aliphatic hydroxyl groups excluding tert-OH is 2. The highest BCUT2D eigenvalue weighted by molar-refractivity contribution is 6.30. The van der Waals surface area contributed by atoms with E-state index in [0.29, 0.717) is 28.3 Å². The molecule has 30 nitrogen and oxygen atoms in total. The zero-order valence-corrected chi connectivity index (χ0v) is 50.6. The van der Waals surface area contributed by atoms with Crippen LogP contribution >= 0.6 is 11.6 Å². The SMILES string of the molecule is CC[C@H](C)[C@H](NC(=O)[C@@H](Cc1ccccc1)NC(=O)[C@H](CCN)NC(=O)[C@H](C)NC(=O)[C@H](CN)NC(=O)[C@@H](NC(=O)[C@H](CCN)NC(=O)c1ccnc(-c2cccc(Cl)c2)c1)[C@@H](C)O)C(=O)N[C@@H](CCN)C(=O)N[C@@H](CCN)C(=O)N[C@H](C(N)=O)[C@@H](C)O. The van der Waals surface area contributed by atoms with Crippen molar-refractivity contribution in [2.75, 3.05) is 32.7 Å². The minimum Gasteiger partial charge on any atom is -0.391 e. The summed E-state index contributed by atoms with van der Waals surface area (Å²) < 4.78 is 0. The van der Waals surface area contributed by atoms with Gasteiger partial charge in [-0.15, -0.1) is 0 Å². The Hall–Kier alpha value is -8.23. The zero-order valence-electron chi connectivity index (χ0n) is 49.9. The molecule has 0 bridgehead atoms. The quantitative estimate of drug-likeness (QED) is 0.0256. The Morgan fingerprint density at radius 3 is 1.43 bits per heavy atom. The van der Waals surface area contributed by atoms with Crippen molar-refractivity contribution in [3.63, 3.8) is 0 Å². The molecule has 0 aliphatic carbocycles. The van der Waals surface area contributed by atoms with E-state index in [4.69, 9.17) is 46.0 Å². The van der Waals surface area contributed by atoms with Crippen molar-refractivity contribution in [2.45, 2.75) is 146 Å². The van der Waals surface area contributed by atoms with Gasteiger partial charge in [-0.05, 0) is 108 Å². The molecule has 0 aliphatic heterocycles. The van der Waals surface area contributed by atoms with Crippen LogP contribution in [0.15, 0.2) is 72.9 Å². The average Bonchev–Trinajstić information content (AvgIpc) is 3.38. The van der Waals surface area contributed by atoms with E-state index in [2.05, 4.69) is 58.2 Å². The summed E-state index contributed by atoms with van der Waals surface area (Å²) in [5, 5.41) is 46.1. The number of carbonyl (C=O) groups excluding carboxylic acids is 11. The van der Waals surface area contributed by atoms with Crippen molar-refractivity contribution in [1.29, 1.82) is 0 Å². The average molecular weight is 1250 g/mol. The molecular formula is C57H86ClN17O13. The first kappa shape index (κ1) is 74.0. The van der Waals surface area contributed by atoms with Crippen molar-refractivity contribution >= 4 is 76.6 Å². The number of carbonyl (C=O) groups is 11. The number of hydrogen-bond acceptors (Lipinski definition) is 19. The van der Waals surface area contributed by atoms with E-state index in [1.54, 1.807) is 68.4 Å². The first-order chi connectivity index (χ1) is 41.7. The predicted octanol–water partition coefficient (Wildman–Crippen LogP) is -5.23. The van der Waals surface area contributed by atoms with Gasteiger partial charge in [0.25, 0.3) is 5.91 Å². The third kappa shape index (κ3) is 23.5. The largest absolute Gasteiger partial charge is 0.391 e. The van der Waals surface area contributed by atoms with Gasteiger partial charge in [0.2, 0.25) is 59.1 Å². The molecule has 0 saturated heterocycles. The van der Waals surface area contributed by atoms with Crippen LogP contribution in [0.5, 0.6) is 0 Å². The number of nitrogens with one attached hydrogen (secondary N) is 10. The monoisotopic (exact) mass is 1250 g/mol. The van der Waals surface area contributed by atoms with Crippen molar-refractivity contribution in [3.05, 3.63) is 89.1 Å². The van der Waals surface area contributed by atoms with Gasteiger partial charge in [0.1, 0.15) is 60.4 Å². The number of aliphatic hydroxyl groups is 2. The highest BCUT2D eigenvalue weighted by Gasteiger charge is 2.37. The van der Waals surface area contributed by atoms with Gasteiger partial charge in [-0.25, -0.2) is 0 Å². The molecular weight excluding hydrogens is 1170 g/mol. The van der Waals surface area contributed by atoms with Crippen LogP contribution in [0.2, 0.25) is 5.02 Å². The molecule has 88 heavy (non-hydrogen) atoms. The smallest absolute Gasteiger partial charge is 0.252 e. The van der Waals surface area contributed by atoms with E-state index >= 15 is 0 Å². The van der Waals surface area contributed by atoms with Crippen LogP contribution in [0.4, 0.5) is 0 Å². The third-order valence-corrected chi connectivity index (χ3v) is 14.2. The topological polar surface area (TPSA) is 518 Å². The molecule has 3 rings (SSSR count). The fourth-order valence-electron chi connectivity index (χ4n) is 8.69. The molecule has 3 aromatic rings. The van der Waals surface area contributed by atoms with Crippen LogP contribution in [0, 0.1) is 5.92 Å². The van der Waals surface area contributed by atoms with Crippen molar-refractivity contribution < 1.29 is 63.0 Å². The van der Waals surface area contributed by atoms with E-state index in [0.717, 1.165) is 0 Å². The summed E-state index contributed by atoms with van der Waals surface area (Å²) in [5.74, 6) is -10.5. The number of rotatable bonds is 37. The molecule has 1 heterocycles. The number of benzene rings is 2. The van der Waals surface area contributed by atoms with E-state index in [1.165, 1.54) is 39.1 Å². The number of nitrogens with zero attached hydrogens (tertiary/aromatic N) is 1. The summed E-state index contributed by atoms with van der Waals surface area (Å²) in [6, 6.07) is 3.82. The molecule has 0 fully saturated rings. The summed E-state index contributed by atoms with van der Waals surface area (Å²) in [6.45, 7) is 6.07. The fourth-order valence-corrected chi connectivity index (χ4v) is 8.88. The standard InChI is InChI=1S/C57H86ClN17O13/c1-6-29(2)44(56(87)70-38(16-21-60)50(81)69-40(18-23-62)52(83)74-45(31(4)76)47(64)78)73-54(85)42(25-33-11-8-7-9-12-33)71-51(82)37(15-20-59)67-48(79)30(3)66-55(86)43(28-63)72-57(88)46(32(5)77)75-53(84)39(17-22-61)68-49(80)35-19-24-65-41(27-35)34-13-10-14-36(58)26-34/h7-14,19,24,26-27,29-32,37-40,42-46,76-77H,6,15-18,20-23,25,28,59-63H2,1-5H3,(H2,64,78)(H,66,86)(H,67,79)(H,68,80)(H,69,81)(H,70,87)(H,71,82)(H,72,88)(H,73,85)(H,74,83)(H,75,84)/t29-,30-,31+,32+,37-,38-,39-,40-,42+,43-,44-,45-,46-/m0/s1. The van der Waals surface area contributed by atoms with Crippen LogP contribution in [0.3, 0.4) is 0 Å². The van der Waals surface area contributed by atoms with Gasteiger partial charge in [-0.1, -0.05) is 74.3 Å². The van der Waals surface area contributed by atoms with Gasteiger partial charge < -0.3 is 97.8 Å². The van der Waals surface area contributed by atoms with Crippen LogP contribution < -0.4 is 87.6 Å². The number of amides is 11. The molecule has 13 atom stereocenters. The van der Waals surface area contributed by atoms with Crippen LogP contribution in [-0.4, -0.2) is 186 Å². The Balaban J connectivity index is 1.75. The summed E-state index contributed by atoms with van der Waals surface area (Å²) in [6.07, 6.45) is -1.90. The second kappa shape index (κ2) is 37.5. The van der Waals surface area contributed by atoms with E-state index < -0.39 is 150 Å². The molecule has 0 saturated carbocycles. The van der Waals surface area contributed by atoms with Gasteiger partial charge in [-0.2, -0.15) is 0 Å². The van der Waals surface area contributed by atoms with Gasteiger partial charge in [0.05, 0.1) is 17.9 Å². The van der Waals surface area contributed by atoms with Gasteiger partial charge in [-0.3, -0.25) is 57.7 Å². The van der Waals surface area contributed by atoms with Gasteiger partial charge in [0, 0.05) is 35.3 Å². The van der Waals surface area contributed by atoms with E-state index in [1.807, 2.05) is 0 Å². The Labute approximate surface area is 515 Å². The lowest BCUT2D eigenvalue weighted by molar-refractivity contribution is -0.136. The second-order valence-corrected chi connectivity index (χ2v) is 21.4. The summed E-state index contributed by atoms with van der Waals surface area (Å²) in [5.41, 5.74) is 36.2. The molecule has 0 unspecified atom stereocenters. The minimum absolute atomic E-state index is 0.0787. The van der Waals surface area contributed by atoms with Gasteiger partial charge >= 0.3 is 0 Å². The molecule has 0 aliphatic rings. The summed E-state index contributed by atoms with van der Waals surface area (Å²) in [7, 11) is 0. The number of aromatic nitrogens is 1. The molecule has 484 valence electrons. The highest BCUT2D eigenvalue weighted by Crippen LogP contribution is 2.22. The van der Waals surface area contributed by atoms with Crippen molar-refractivity contribution in [3.8, 4) is 11.3 Å². The Bertz CT molecular complexity index is 2850. The molecule has 24 N–H and O–H groups in total. The number of halogens is 1. The second-order valence-electron chi connectivity index (χ2n) is 21.0. The number of nitrogens with two attached hydrogens (primary N) is 6. The first-order valence-corrected chi connectivity index (χ1v) is 29.1. The summed E-state index contributed by atoms with van der Waals surface area (Å²) >= 11 is 6.14. The summed E-state index contributed by atoms with van der Waals surface area (Å²) in [4.78, 5) is 154. The lowest BCUT2D eigenvalue weighted by atomic mass is 9.96. The zero-order chi connectivity index (χ0) is 65.8. The molecule has 11 amide bonds. The van der Waals surface area contributed by atoms with E-state index in [9.17, 15) is 63.0 Å². The normalized spacial score (nSPS) is 15.6. The number of primary amides is 1. The Kier molecular flexibility index (Phi) is 31.5. The molecule has 0 spiro atoms. The van der Waals surface area contributed by atoms with Crippen molar-refractivity contribution in [2.24, 2.45) is 40.3 Å². The maximum atomic E-state index is 14.4. The number of hydrogen-bond donors (Lipinski definition) is 18. The Morgan fingerprint density at radius 2 is 0.932 bits per heavy atom. The maximum Gasteiger partial charge on any atom is 0.252 e. The molecule has 0 radical (unpaired) electrons. The maximum absolute atomic E-state index is 14.4. The van der Waals surface area contributed by atoms with E-state index in [-0.39, 0.29) is 63.8 Å². The fraction of sp³-hybridized carbons (Fsp3) is 0.509. The first-order valence-electron chi connectivity index (χ1n) is 28.7.